The van der Waals surface area contributed by atoms with Crippen LogP contribution in [0.3, 0.4) is 0 Å². The van der Waals surface area contributed by atoms with Crippen LogP contribution in [0.15, 0.2) is 83.1 Å². The van der Waals surface area contributed by atoms with Crippen LogP contribution in [0.4, 0.5) is 0 Å². The van der Waals surface area contributed by atoms with E-state index in [4.69, 9.17) is 4.74 Å². The van der Waals surface area contributed by atoms with Gasteiger partial charge in [-0.3, -0.25) is 4.79 Å². The number of aromatic nitrogens is 2. The van der Waals surface area contributed by atoms with Gasteiger partial charge in [0, 0.05) is 16.4 Å². The van der Waals surface area contributed by atoms with Crippen LogP contribution in [0.2, 0.25) is 0 Å². The third-order valence-corrected chi connectivity index (χ3v) is 5.52. The number of nitrogens with zero attached hydrogens (tertiary/aromatic N) is 2. The van der Waals surface area contributed by atoms with Gasteiger partial charge in [0.05, 0.1) is 17.2 Å². The zero-order chi connectivity index (χ0) is 22.3. The van der Waals surface area contributed by atoms with Crippen LogP contribution in [0.1, 0.15) is 35.3 Å². The van der Waals surface area contributed by atoms with Crippen LogP contribution < -0.4 is 10.2 Å². The maximum absolute atomic E-state index is 12.6. The molecule has 0 unspecified atom stereocenters. The van der Waals surface area contributed by atoms with Crippen molar-refractivity contribution in [2.45, 2.75) is 30.9 Å². The minimum absolute atomic E-state index is 0.283. The Labute approximate surface area is 191 Å². The topological polar surface area (TPSA) is 79.4 Å². The van der Waals surface area contributed by atoms with Gasteiger partial charge in [-0.1, -0.05) is 68.1 Å². The fourth-order valence-electron chi connectivity index (χ4n) is 3.10. The third-order valence-electron chi connectivity index (χ3n) is 4.63. The molecule has 0 atom stereocenters. The maximum Gasteiger partial charge on any atom is 0.271 e. The Morgan fingerprint density at radius 1 is 1.12 bits per heavy atom. The molecule has 0 saturated heterocycles. The molecule has 3 aromatic carbocycles. The molecule has 0 fully saturated rings. The van der Waals surface area contributed by atoms with E-state index in [0.717, 1.165) is 33.1 Å². The molecule has 1 aromatic heterocycles. The number of nitrogens with one attached hydrogen (secondary N) is 2. The molecule has 2 N–H and O–H groups in total. The van der Waals surface area contributed by atoms with Crippen LogP contribution in [0.25, 0.3) is 11.0 Å². The first kappa shape index (κ1) is 21.6. The summed E-state index contributed by atoms with van der Waals surface area (Å²) in [7, 11) is 0. The number of thioether (sulfide) groups is 1. The number of imidazole rings is 1. The van der Waals surface area contributed by atoms with E-state index in [1.807, 2.05) is 60.7 Å². The number of carbonyl (C=O) groups is 1. The molecule has 0 radical (unpaired) electrons. The monoisotopic (exact) mass is 444 g/mol. The van der Waals surface area contributed by atoms with Crippen LogP contribution in [-0.4, -0.2) is 27.3 Å². The highest BCUT2D eigenvalue weighted by Crippen LogP contribution is 2.23. The van der Waals surface area contributed by atoms with Gasteiger partial charge in [0.25, 0.3) is 5.91 Å². The standard InChI is InChI=1S/C25H24N4O2S/c1-17(2)32-25-27-22-13-12-18(14-23(22)28-25)24(30)29-26-15-19-8-6-7-9-20(19)16-31-21-10-4-3-5-11-21/h3-15,17H,16H2,1-2H3,(H,27,28)(H,29,30)/b26-15-. The Kier molecular flexibility index (Phi) is 6.87. The lowest BCUT2D eigenvalue weighted by Gasteiger charge is -2.08. The highest BCUT2D eigenvalue weighted by atomic mass is 32.2. The second-order valence-electron chi connectivity index (χ2n) is 7.44. The highest BCUT2D eigenvalue weighted by molar-refractivity contribution is 7.99. The minimum Gasteiger partial charge on any atom is -0.489 e. The highest BCUT2D eigenvalue weighted by Gasteiger charge is 2.10. The zero-order valence-electron chi connectivity index (χ0n) is 17.9. The summed E-state index contributed by atoms with van der Waals surface area (Å²) in [6.07, 6.45) is 1.63. The van der Waals surface area contributed by atoms with Gasteiger partial charge < -0.3 is 9.72 Å². The van der Waals surface area contributed by atoms with E-state index in [0.29, 0.717) is 17.4 Å². The molecular weight excluding hydrogens is 420 g/mol. The number of para-hydroxylation sites is 1. The first-order valence-corrected chi connectivity index (χ1v) is 11.2. The Balaban J connectivity index is 1.41. The molecule has 6 nitrogen and oxygen atoms in total. The SMILES string of the molecule is CC(C)Sc1nc2ccc(C(=O)N/N=C\c3ccccc3COc3ccccc3)cc2[nH]1. The van der Waals surface area contributed by atoms with Crippen molar-refractivity contribution in [3.63, 3.8) is 0 Å². The molecule has 1 heterocycles. The lowest BCUT2D eigenvalue weighted by atomic mass is 10.1. The molecule has 0 aliphatic rings. The number of aromatic amines is 1. The molecule has 0 saturated carbocycles. The van der Waals surface area contributed by atoms with Gasteiger partial charge in [-0.05, 0) is 35.9 Å². The van der Waals surface area contributed by atoms with Crippen molar-refractivity contribution < 1.29 is 9.53 Å². The van der Waals surface area contributed by atoms with Crippen LogP contribution in [-0.2, 0) is 6.61 Å². The average Bonchev–Trinajstić information content (AvgIpc) is 3.19. The molecule has 0 spiro atoms. The largest absolute Gasteiger partial charge is 0.489 e. The first-order valence-electron chi connectivity index (χ1n) is 10.3. The van der Waals surface area contributed by atoms with Gasteiger partial charge >= 0.3 is 0 Å². The minimum atomic E-state index is -0.283. The van der Waals surface area contributed by atoms with Crippen molar-refractivity contribution in [3.05, 3.63) is 89.5 Å². The van der Waals surface area contributed by atoms with E-state index < -0.39 is 0 Å². The summed E-state index contributed by atoms with van der Waals surface area (Å²) in [4.78, 5) is 20.4. The lowest BCUT2D eigenvalue weighted by molar-refractivity contribution is 0.0955. The van der Waals surface area contributed by atoms with E-state index >= 15 is 0 Å². The quantitative estimate of drug-likeness (QED) is 0.216. The Morgan fingerprint density at radius 2 is 1.91 bits per heavy atom. The molecular formula is C25H24N4O2S. The molecule has 0 aliphatic heterocycles. The van der Waals surface area contributed by atoms with Crippen LogP contribution >= 0.6 is 11.8 Å². The smallest absolute Gasteiger partial charge is 0.271 e. The van der Waals surface area contributed by atoms with Crippen LogP contribution in [0.5, 0.6) is 5.75 Å². The van der Waals surface area contributed by atoms with E-state index in [9.17, 15) is 4.79 Å². The van der Waals surface area contributed by atoms with Gasteiger partial charge in [-0.25, -0.2) is 10.4 Å². The van der Waals surface area contributed by atoms with E-state index in [1.54, 1.807) is 30.1 Å². The summed E-state index contributed by atoms with van der Waals surface area (Å²) in [5.41, 5.74) is 6.63. The number of carbonyl (C=O) groups excluding carboxylic acids is 1. The first-order chi connectivity index (χ1) is 15.6. The number of fused-ring (bicyclic) bond motifs is 1. The normalized spacial score (nSPS) is 11.3. The van der Waals surface area contributed by atoms with Crippen molar-refractivity contribution in [3.8, 4) is 5.75 Å². The van der Waals surface area contributed by atoms with Gasteiger partial charge in [-0.2, -0.15) is 5.10 Å². The fraction of sp³-hybridized carbons (Fsp3) is 0.160. The lowest BCUT2D eigenvalue weighted by Crippen LogP contribution is -2.17. The van der Waals surface area contributed by atoms with Gasteiger partial charge in [0.1, 0.15) is 12.4 Å². The summed E-state index contributed by atoms with van der Waals surface area (Å²) in [6, 6.07) is 22.8. The Hall–Kier alpha value is -3.58. The average molecular weight is 445 g/mol. The molecule has 4 aromatic rings. The third kappa shape index (κ3) is 5.56. The molecule has 1 amide bonds. The van der Waals surface area contributed by atoms with E-state index in [1.165, 1.54) is 0 Å². The molecule has 7 heteroatoms. The fourth-order valence-corrected chi connectivity index (χ4v) is 3.87. The zero-order valence-corrected chi connectivity index (χ0v) is 18.7. The van der Waals surface area contributed by atoms with Crippen molar-refractivity contribution >= 4 is 34.9 Å². The number of rotatable bonds is 8. The van der Waals surface area contributed by atoms with Gasteiger partial charge in [-0.15, -0.1) is 0 Å². The number of H-pyrrole nitrogens is 1. The number of hydrogen-bond acceptors (Lipinski definition) is 5. The summed E-state index contributed by atoms with van der Waals surface area (Å²) in [5, 5.41) is 5.42. The number of benzene rings is 3. The molecule has 32 heavy (non-hydrogen) atoms. The van der Waals surface area contributed by atoms with E-state index in [2.05, 4.69) is 34.3 Å². The molecule has 162 valence electrons. The van der Waals surface area contributed by atoms with Crippen molar-refractivity contribution in [1.82, 2.24) is 15.4 Å². The molecule has 0 bridgehead atoms. The number of amides is 1. The van der Waals surface area contributed by atoms with Crippen molar-refractivity contribution in [1.29, 1.82) is 0 Å². The molecule has 4 rings (SSSR count). The second-order valence-corrected chi connectivity index (χ2v) is 9.01. The second kappa shape index (κ2) is 10.2. The summed E-state index contributed by atoms with van der Waals surface area (Å²) in [5.74, 6) is 0.519. The van der Waals surface area contributed by atoms with Crippen molar-refractivity contribution in [2.75, 3.05) is 0 Å². The summed E-state index contributed by atoms with van der Waals surface area (Å²) < 4.78 is 5.84. The number of ether oxygens (including phenoxy) is 1. The van der Waals surface area contributed by atoms with Gasteiger partial charge in [0.15, 0.2) is 5.16 Å². The van der Waals surface area contributed by atoms with Gasteiger partial charge in [0.2, 0.25) is 0 Å². The Bertz CT molecular complexity index is 1240. The predicted octanol–water partition coefficient (Wildman–Crippen LogP) is 5.41. The Morgan fingerprint density at radius 3 is 2.72 bits per heavy atom. The van der Waals surface area contributed by atoms with Crippen LogP contribution in [0, 0.1) is 0 Å². The maximum atomic E-state index is 12.6. The summed E-state index contributed by atoms with van der Waals surface area (Å²) >= 11 is 1.65. The molecule has 0 aliphatic carbocycles. The van der Waals surface area contributed by atoms with E-state index in [-0.39, 0.29) is 5.91 Å². The number of hydrogen-bond donors (Lipinski definition) is 2. The van der Waals surface area contributed by atoms with Crippen molar-refractivity contribution in [2.24, 2.45) is 5.10 Å². The number of hydrazone groups is 1. The summed E-state index contributed by atoms with van der Waals surface area (Å²) in [6.45, 7) is 4.63. The predicted molar refractivity (Wildman–Crippen MR) is 129 cm³/mol.